The molecule has 0 amide bonds. The van der Waals surface area contributed by atoms with Gasteiger partial charge < -0.3 is 20.3 Å². The second-order valence-electron chi connectivity index (χ2n) is 8.06. The summed E-state index contributed by atoms with van der Waals surface area (Å²) in [6, 6.07) is 9.13. The molecular formula is C21H35N3O. The Labute approximate surface area is 153 Å². The topological polar surface area (TPSA) is 41.7 Å². The van der Waals surface area contributed by atoms with Crippen molar-refractivity contribution >= 4 is 0 Å². The minimum absolute atomic E-state index is 0.181. The first-order valence-electron chi connectivity index (χ1n) is 10.1. The van der Waals surface area contributed by atoms with Crippen LogP contribution in [0.1, 0.15) is 51.5 Å². The molecule has 4 nitrogen and oxygen atoms in total. The molecule has 2 heterocycles. The van der Waals surface area contributed by atoms with E-state index in [4.69, 9.17) is 10.5 Å². The van der Waals surface area contributed by atoms with E-state index in [-0.39, 0.29) is 5.54 Å². The number of benzene rings is 1. The monoisotopic (exact) mass is 345 g/mol. The normalized spacial score (nSPS) is 21.8. The molecule has 1 aromatic rings. The smallest absolute Gasteiger partial charge is 0.119 e. The van der Waals surface area contributed by atoms with Crippen molar-refractivity contribution in [3.63, 3.8) is 0 Å². The highest BCUT2D eigenvalue weighted by atomic mass is 16.5. The van der Waals surface area contributed by atoms with Crippen LogP contribution in [0.4, 0.5) is 0 Å². The minimum Gasteiger partial charge on any atom is -0.494 e. The fourth-order valence-electron chi connectivity index (χ4n) is 4.10. The van der Waals surface area contributed by atoms with E-state index < -0.39 is 0 Å². The van der Waals surface area contributed by atoms with Crippen molar-refractivity contribution < 1.29 is 4.74 Å². The van der Waals surface area contributed by atoms with Crippen LogP contribution in [0.3, 0.4) is 0 Å². The maximum Gasteiger partial charge on any atom is 0.119 e. The van der Waals surface area contributed by atoms with Gasteiger partial charge in [-0.05, 0) is 76.7 Å². The standard InChI is InChI=1S/C21H35N3O/c1-18(2)24-15-10-21(22,11-16-24)19-6-8-20(9-7-19)25-17-5-14-23-12-3-4-13-23/h6-9,18H,3-5,10-17,22H2,1-2H3. The number of ether oxygens (including phenoxy) is 1. The van der Waals surface area contributed by atoms with Gasteiger partial charge in [0.1, 0.15) is 5.75 Å². The van der Waals surface area contributed by atoms with Crippen LogP contribution in [0.2, 0.25) is 0 Å². The van der Waals surface area contributed by atoms with Gasteiger partial charge in [-0.3, -0.25) is 0 Å². The van der Waals surface area contributed by atoms with E-state index in [1.165, 1.54) is 31.5 Å². The second-order valence-corrected chi connectivity index (χ2v) is 8.06. The number of hydrogen-bond donors (Lipinski definition) is 1. The van der Waals surface area contributed by atoms with Gasteiger partial charge >= 0.3 is 0 Å². The zero-order valence-electron chi connectivity index (χ0n) is 16.0. The predicted octanol–water partition coefficient (Wildman–Crippen LogP) is 3.21. The third-order valence-electron chi connectivity index (χ3n) is 5.94. The number of rotatable bonds is 7. The first-order valence-corrected chi connectivity index (χ1v) is 10.1. The lowest BCUT2D eigenvalue weighted by Gasteiger charge is -2.41. The highest BCUT2D eigenvalue weighted by Gasteiger charge is 2.32. The Balaban J connectivity index is 1.45. The van der Waals surface area contributed by atoms with Crippen molar-refractivity contribution in [2.45, 2.75) is 57.5 Å². The van der Waals surface area contributed by atoms with Crippen LogP contribution in [0.5, 0.6) is 5.75 Å². The van der Waals surface area contributed by atoms with Gasteiger partial charge in [0, 0.05) is 31.2 Å². The predicted molar refractivity (Wildman–Crippen MR) is 104 cm³/mol. The Kier molecular flexibility index (Phi) is 6.37. The van der Waals surface area contributed by atoms with Gasteiger partial charge in [0.25, 0.3) is 0 Å². The van der Waals surface area contributed by atoms with Gasteiger partial charge in [-0.2, -0.15) is 0 Å². The summed E-state index contributed by atoms with van der Waals surface area (Å²) in [5, 5.41) is 0. The number of likely N-dealkylation sites (tertiary alicyclic amines) is 2. The molecular weight excluding hydrogens is 310 g/mol. The summed E-state index contributed by atoms with van der Waals surface area (Å²) in [4.78, 5) is 5.05. The highest BCUT2D eigenvalue weighted by molar-refractivity contribution is 5.32. The molecule has 0 aliphatic carbocycles. The number of nitrogens with two attached hydrogens (primary N) is 1. The Morgan fingerprint density at radius 1 is 1.04 bits per heavy atom. The maximum absolute atomic E-state index is 6.71. The Morgan fingerprint density at radius 3 is 2.28 bits per heavy atom. The van der Waals surface area contributed by atoms with Crippen LogP contribution in [-0.2, 0) is 5.54 Å². The summed E-state index contributed by atoms with van der Waals surface area (Å²) in [7, 11) is 0. The van der Waals surface area contributed by atoms with E-state index in [0.29, 0.717) is 6.04 Å². The largest absolute Gasteiger partial charge is 0.494 e. The van der Waals surface area contributed by atoms with Crippen LogP contribution in [-0.4, -0.2) is 55.2 Å². The van der Waals surface area contributed by atoms with Gasteiger partial charge in [-0.25, -0.2) is 0 Å². The molecule has 0 unspecified atom stereocenters. The van der Waals surface area contributed by atoms with Crippen molar-refractivity contribution in [1.29, 1.82) is 0 Å². The molecule has 1 aromatic carbocycles. The number of piperidine rings is 1. The number of nitrogens with zero attached hydrogens (tertiary/aromatic N) is 2. The molecule has 0 radical (unpaired) electrons. The lowest BCUT2D eigenvalue weighted by atomic mass is 9.81. The zero-order valence-corrected chi connectivity index (χ0v) is 16.0. The second kappa shape index (κ2) is 8.52. The van der Waals surface area contributed by atoms with E-state index in [1.54, 1.807) is 0 Å². The summed E-state index contributed by atoms with van der Waals surface area (Å²) < 4.78 is 5.91. The maximum atomic E-state index is 6.71. The van der Waals surface area contributed by atoms with E-state index in [2.05, 4.69) is 47.9 Å². The molecule has 0 bridgehead atoms. The Bertz CT molecular complexity index is 514. The molecule has 140 valence electrons. The van der Waals surface area contributed by atoms with Gasteiger partial charge in [-0.15, -0.1) is 0 Å². The van der Waals surface area contributed by atoms with Crippen LogP contribution >= 0.6 is 0 Å². The number of hydrogen-bond acceptors (Lipinski definition) is 4. The molecule has 0 saturated carbocycles. The molecule has 3 rings (SSSR count). The molecule has 2 fully saturated rings. The van der Waals surface area contributed by atoms with Crippen molar-refractivity contribution in [1.82, 2.24) is 9.80 Å². The zero-order chi connectivity index (χ0) is 17.7. The van der Waals surface area contributed by atoms with Gasteiger partial charge in [0.2, 0.25) is 0 Å². The van der Waals surface area contributed by atoms with E-state index in [0.717, 1.165) is 51.3 Å². The van der Waals surface area contributed by atoms with Crippen molar-refractivity contribution in [2.75, 3.05) is 39.3 Å². The van der Waals surface area contributed by atoms with Crippen LogP contribution < -0.4 is 10.5 Å². The molecule has 0 atom stereocenters. The van der Waals surface area contributed by atoms with Crippen LogP contribution in [0, 0.1) is 0 Å². The molecule has 0 aromatic heterocycles. The first-order chi connectivity index (χ1) is 12.1. The Hall–Kier alpha value is -1.10. The van der Waals surface area contributed by atoms with E-state index in [9.17, 15) is 0 Å². The van der Waals surface area contributed by atoms with Crippen LogP contribution in [0.25, 0.3) is 0 Å². The quantitative estimate of drug-likeness (QED) is 0.771. The fraction of sp³-hybridized carbons (Fsp3) is 0.714. The molecule has 0 spiro atoms. The minimum atomic E-state index is -0.181. The summed E-state index contributed by atoms with van der Waals surface area (Å²) >= 11 is 0. The fourth-order valence-corrected chi connectivity index (χ4v) is 4.10. The molecule has 2 aliphatic heterocycles. The summed E-state index contributed by atoms with van der Waals surface area (Å²) in [5.74, 6) is 0.966. The summed E-state index contributed by atoms with van der Waals surface area (Å²) in [6.07, 6.45) is 5.88. The average molecular weight is 346 g/mol. The summed E-state index contributed by atoms with van der Waals surface area (Å²) in [6.45, 7) is 11.2. The average Bonchev–Trinajstić information content (AvgIpc) is 3.13. The van der Waals surface area contributed by atoms with E-state index >= 15 is 0 Å². The SMILES string of the molecule is CC(C)N1CCC(N)(c2ccc(OCCCN3CCCC3)cc2)CC1. The van der Waals surface area contributed by atoms with Crippen molar-refractivity contribution in [2.24, 2.45) is 5.73 Å². The van der Waals surface area contributed by atoms with Gasteiger partial charge in [-0.1, -0.05) is 12.1 Å². The third kappa shape index (κ3) is 4.96. The molecule has 25 heavy (non-hydrogen) atoms. The third-order valence-corrected chi connectivity index (χ3v) is 5.94. The highest BCUT2D eigenvalue weighted by Crippen LogP contribution is 2.32. The lowest BCUT2D eigenvalue weighted by Crippen LogP contribution is -2.49. The van der Waals surface area contributed by atoms with Gasteiger partial charge in [0.15, 0.2) is 0 Å². The molecule has 2 aliphatic rings. The van der Waals surface area contributed by atoms with Crippen molar-refractivity contribution in [3.05, 3.63) is 29.8 Å². The van der Waals surface area contributed by atoms with Gasteiger partial charge in [0.05, 0.1) is 6.61 Å². The van der Waals surface area contributed by atoms with E-state index in [1.807, 2.05) is 0 Å². The molecule has 4 heteroatoms. The Morgan fingerprint density at radius 2 is 1.68 bits per heavy atom. The van der Waals surface area contributed by atoms with Crippen molar-refractivity contribution in [3.8, 4) is 5.75 Å². The lowest BCUT2D eigenvalue weighted by molar-refractivity contribution is 0.131. The summed E-state index contributed by atoms with van der Waals surface area (Å²) in [5.41, 5.74) is 7.78. The van der Waals surface area contributed by atoms with Crippen LogP contribution in [0.15, 0.2) is 24.3 Å². The molecule has 2 saturated heterocycles. The first kappa shape index (κ1) is 18.7. The molecule has 2 N–H and O–H groups in total.